The molecule has 4 rings (SSSR count). The molecule has 8 nitrogen and oxygen atoms in total. The Labute approximate surface area is 218 Å². The summed E-state index contributed by atoms with van der Waals surface area (Å²) in [6, 6.07) is 16.3. The number of carbonyl (C=O) groups excluding carboxylic acids is 1. The minimum absolute atomic E-state index is 0.0357. The van der Waals surface area contributed by atoms with Crippen LogP contribution in [0.5, 0.6) is 17.2 Å². The van der Waals surface area contributed by atoms with Crippen LogP contribution in [0.3, 0.4) is 0 Å². The van der Waals surface area contributed by atoms with Crippen LogP contribution in [0.1, 0.15) is 9.67 Å². The Morgan fingerprint density at radius 2 is 1.64 bits per heavy atom. The lowest BCUT2D eigenvalue weighted by atomic mass is 10.2. The van der Waals surface area contributed by atoms with E-state index in [0.29, 0.717) is 33.5 Å². The molecule has 3 aromatic carbocycles. The van der Waals surface area contributed by atoms with Crippen molar-refractivity contribution in [3.05, 3.63) is 70.6 Å². The lowest BCUT2D eigenvalue weighted by molar-refractivity contribution is 0.103. The fourth-order valence-corrected chi connectivity index (χ4v) is 6.01. The zero-order valence-electron chi connectivity index (χ0n) is 19.9. The van der Waals surface area contributed by atoms with Gasteiger partial charge in [-0.3, -0.25) is 9.10 Å². The summed E-state index contributed by atoms with van der Waals surface area (Å²) in [6.45, 7) is 0. The number of amides is 1. The maximum absolute atomic E-state index is 13.2. The van der Waals surface area contributed by atoms with Crippen molar-refractivity contribution in [1.29, 1.82) is 0 Å². The third-order valence-electron chi connectivity index (χ3n) is 5.52. The predicted octanol–water partition coefficient (Wildman–Crippen LogP) is 5.66. The second-order valence-corrected chi connectivity index (χ2v) is 11.1. The number of benzene rings is 3. The number of anilines is 2. The molecule has 1 N–H and O–H groups in total. The molecule has 1 amide bonds. The summed E-state index contributed by atoms with van der Waals surface area (Å²) in [5.74, 6) is 1.14. The lowest BCUT2D eigenvalue weighted by Crippen LogP contribution is -2.26. The second kappa shape index (κ2) is 10.3. The molecule has 4 aromatic rings. The number of thiophene rings is 1. The second-order valence-electron chi connectivity index (χ2n) is 7.62. The Kier molecular flexibility index (Phi) is 7.30. The molecule has 0 saturated carbocycles. The third kappa shape index (κ3) is 4.92. The molecule has 0 aliphatic heterocycles. The van der Waals surface area contributed by atoms with Crippen LogP contribution in [0.4, 0.5) is 11.4 Å². The number of hydrogen-bond acceptors (Lipinski definition) is 7. The van der Waals surface area contributed by atoms with Crippen molar-refractivity contribution in [2.45, 2.75) is 4.90 Å². The first-order chi connectivity index (χ1) is 17.2. The molecule has 0 atom stereocenters. The summed E-state index contributed by atoms with van der Waals surface area (Å²) in [6.07, 6.45) is 0. The van der Waals surface area contributed by atoms with Crippen molar-refractivity contribution in [2.75, 3.05) is 38.0 Å². The topological polar surface area (TPSA) is 94.2 Å². The zero-order valence-corrected chi connectivity index (χ0v) is 22.3. The van der Waals surface area contributed by atoms with Crippen LogP contribution in [0.15, 0.2) is 65.6 Å². The minimum Gasteiger partial charge on any atom is -0.497 e. The summed E-state index contributed by atoms with van der Waals surface area (Å²) in [5, 5.41) is 3.78. The van der Waals surface area contributed by atoms with E-state index in [2.05, 4.69) is 5.32 Å². The monoisotopic (exact) mass is 546 g/mol. The molecule has 0 radical (unpaired) electrons. The zero-order chi connectivity index (χ0) is 26.0. The Bertz CT molecular complexity index is 1550. The maximum atomic E-state index is 13.2. The molecule has 0 saturated heterocycles. The van der Waals surface area contributed by atoms with Gasteiger partial charge in [0.1, 0.15) is 17.2 Å². The van der Waals surface area contributed by atoms with Crippen LogP contribution >= 0.6 is 22.9 Å². The fourth-order valence-electron chi connectivity index (χ4n) is 3.54. The molecule has 11 heteroatoms. The van der Waals surface area contributed by atoms with Crippen LogP contribution in [-0.4, -0.2) is 42.7 Å². The van der Waals surface area contributed by atoms with Gasteiger partial charge in [-0.2, -0.15) is 0 Å². The third-order valence-corrected chi connectivity index (χ3v) is 8.72. The molecule has 0 unspecified atom stereocenters. The number of ether oxygens (including phenoxy) is 3. The number of methoxy groups -OCH3 is 3. The lowest BCUT2D eigenvalue weighted by Gasteiger charge is -2.20. The fraction of sp³-hybridized carbons (Fsp3) is 0.160. The highest BCUT2D eigenvalue weighted by Crippen LogP contribution is 2.34. The van der Waals surface area contributed by atoms with Gasteiger partial charge >= 0.3 is 0 Å². The summed E-state index contributed by atoms with van der Waals surface area (Å²) in [4.78, 5) is 13.5. The number of fused-ring (bicyclic) bond motifs is 1. The van der Waals surface area contributed by atoms with Gasteiger partial charge in [0.25, 0.3) is 15.9 Å². The predicted molar refractivity (Wildman–Crippen MR) is 143 cm³/mol. The van der Waals surface area contributed by atoms with Crippen molar-refractivity contribution in [3.63, 3.8) is 0 Å². The van der Waals surface area contributed by atoms with E-state index < -0.39 is 10.0 Å². The first-order valence-corrected chi connectivity index (χ1v) is 13.2. The molecule has 1 aromatic heterocycles. The van der Waals surface area contributed by atoms with Crippen LogP contribution in [0, 0.1) is 0 Å². The Hall–Kier alpha value is -3.47. The van der Waals surface area contributed by atoms with Gasteiger partial charge in [0.05, 0.1) is 47.5 Å². The quantitative estimate of drug-likeness (QED) is 0.306. The molecule has 0 bridgehead atoms. The van der Waals surface area contributed by atoms with Crippen LogP contribution in [-0.2, 0) is 10.0 Å². The summed E-state index contributed by atoms with van der Waals surface area (Å²) in [7, 11) is 2.09. The van der Waals surface area contributed by atoms with Crippen molar-refractivity contribution in [3.8, 4) is 17.2 Å². The van der Waals surface area contributed by atoms with Gasteiger partial charge in [-0.15, -0.1) is 11.3 Å². The summed E-state index contributed by atoms with van der Waals surface area (Å²) >= 11 is 7.43. The van der Waals surface area contributed by atoms with E-state index in [9.17, 15) is 13.2 Å². The van der Waals surface area contributed by atoms with Crippen molar-refractivity contribution < 1.29 is 27.4 Å². The van der Waals surface area contributed by atoms with E-state index in [0.717, 1.165) is 10.1 Å². The first kappa shape index (κ1) is 25.6. The normalized spacial score (nSPS) is 11.2. The molecule has 36 heavy (non-hydrogen) atoms. The van der Waals surface area contributed by atoms with Gasteiger partial charge in [-0.05, 0) is 60.0 Å². The SMILES string of the molecule is COc1ccc(OC)c(NC(=O)c2cc3cc(N(C)S(=O)(=O)c4ccc(OC)c(Cl)c4)ccc3s2)c1. The van der Waals surface area contributed by atoms with Crippen LogP contribution in [0.25, 0.3) is 10.1 Å². The molecular weight excluding hydrogens is 524 g/mol. The highest BCUT2D eigenvalue weighted by Gasteiger charge is 2.23. The average Bonchev–Trinajstić information content (AvgIpc) is 3.31. The van der Waals surface area contributed by atoms with Gasteiger partial charge < -0.3 is 19.5 Å². The standard InChI is InChI=1S/C25H23ClN2O6S2/c1-28(36(30,31)18-7-9-21(33-3)19(26)14-18)16-5-10-23-15(11-16)12-24(35-23)25(29)27-20-13-17(32-2)6-8-22(20)34-4/h5-14H,1-4H3,(H,27,29). The van der Waals surface area contributed by atoms with E-state index in [1.807, 2.05) is 0 Å². The highest BCUT2D eigenvalue weighted by atomic mass is 35.5. The maximum Gasteiger partial charge on any atom is 0.265 e. The van der Waals surface area contributed by atoms with Gasteiger partial charge in [0, 0.05) is 17.8 Å². The number of rotatable bonds is 8. The largest absolute Gasteiger partial charge is 0.497 e. The highest BCUT2D eigenvalue weighted by molar-refractivity contribution is 7.92. The van der Waals surface area contributed by atoms with Gasteiger partial charge in [0.15, 0.2) is 0 Å². The number of hydrogen-bond donors (Lipinski definition) is 1. The Morgan fingerprint density at radius 3 is 2.31 bits per heavy atom. The number of sulfonamides is 1. The van der Waals surface area contributed by atoms with Crippen LogP contribution < -0.4 is 23.8 Å². The molecule has 188 valence electrons. The number of nitrogens with one attached hydrogen (secondary N) is 1. The van der Waals surface area contributed by atoms with E-state index in [-0.39, 0.29) is 15.8 Å². The van der Waals surface area contributed by atoms with Crippen molar-refractivity contribution in [2.24, 2.45) is 0 Å². The number of nitrogens with zero attached hydrogens (tertiary/aromatic N) is 1. The van der Waals surface area contributed by atoms with Gasteiger partial charge in [-0.1, -0.05) is 11.6 Å². The van der Waals surface area contributed by atoms with E-state index in [1.165, 1.54) is 62.2 Å². The smallest absolute Gasteiger partial charge is 0.265 e. The number of halogens is 1. The van der Waals surface area contributed by atoms with E-state index >= 15 is 0 Å². The molecule has 0 aliphatic carbocycles. The minimum atomic E-state index is -3.88. The van der Waals surface area contributed by atoms with Crippen molar-refractivity contribution >= 4 is 60.3 Å². The summed E-state index contributed by atoms with van der Waals surface area (Å²) in [5.41, 5.74) is 0.914. The molecule has 1 heterocycles. The Balaban J connectivity index is 1.61. The number of carbonyl (C=O) groups is 1. The average molecular weight is 547 g/mol. The van der Waals surface area contributed by atoms with Crippen molar-refractivity contribution in [1.82, 2.24) is 0 Å². The summed E-state index contributed by atoms with van der Waals surface area (Å²) < 4.78 is 44.1. The van der Waals surface area contributed by atoms with Gasteiger partial charge in [0.2, 0.25) is 0 Å². The van der Waals surface area contributed by atoms with E-state index in [4.69, 9.17) is 25.8 Å². The molecule has 0 fully saturated rings. The first-order valence-electron chi connectivity index (χ1n) is 10.6. The Morgan fingerprint density at radius 1 is 0.917 bits per heavy atom. The van der Waals surface area contributed by atoms with E-state index in [1.54, 1.807) is 42.5 Å². The van der Waals surface area contributed by atoms with Gasteiger partial charge in [-0.25, -0.2) is 8.42 Å². The molecule has 0 aliphatic rings. The molecular formula is C25H23ClN2O6S2. The molecule has 0 spiro atoms. The van der Waals surface area contributed by atoms with Crippen LogP contribution in [0.2, 0.25) is 5.02 Å².